The number of aromatic nitrogens is 2. The largest absolute Gasteiger partial charge is 0.493 e. The predicted molar refractivity (Wildman–Crippen MR) is 113 cm³/mol. The molecule has 3 aromatic rings. The molecule has 0 spiro atoms. The number of amides is 1. The van der Waals surface area contributed by atoms with Crippen LogP contribution in [0.15, 0.2) is 40.9 Å². The smallest absolute Gasteiger partial charge is 0.252 e. The molecule has 0 aliphatic heterocycles. The number of H-pyrrole nitrogens is 1. The number of nitrogens with zero attached hydrogens (tertiary/aromatic N) is 1. The van der Waals surface area contributed by atoms with Gasteiger partial charge in [0.1, 0.15) is 5.82 Å². The number of benzene rings is 2. The Morgan fingerprint density at radius 3 is 2.68 bits per heavy atom. The molecular formula is C21H24BrN3O3. The maximum atomic E-state index is 13.0. The Morgan fingerprint density at radius 1 is 1.29 bits per heavy atom. The van der Waals surface area contributed by atoms with Crippen molar-refractivity contribution in [1.82, 2.24) is 15.3 Å². The van der Waals surface area contributed by atoms with E-state index in [1.165, 1.54) is 0 Å². The molecule has 7 heteroatoms. The average molecular weight is 446 g/mol. The van der Waals surface area contributed by atoms with Crippen molar-refractivity contribution in [2.45, 2.75) is 26.8 Å². The summed E-state index contributed by atoms with van der Waals surface area (Å²) in [6.07, 6.45) is 0. The topological polar surface area (TPSA) is 76.2 Å². The summed E-state index contributed by atoms with van der Waals surface area (Å²) < 4.78 is 11.7. The number of hydrogen-bond acceptors (Lipinski definition) is 4. The number of para-hydroxylation sites is 2. The van der Waals surface area contributed by atoms with Crippen molar-refractivity contribution >= 4 is 32.9 Å². The number of nitrogens with one attached hydrogen (secondary N) is 2. The molecule has 1 heterocycles. The number of ether oxygens (including phenoxy) is 2. The Kier molecular flexibility index (Phi) is 6.24. The van der Waals surface area contributed by atoms with Crippen molar-refractivity contribution in [3.8, 4) is 11.5 Å². The van der Waals surface area contributed by atoms with Gasteiger partial charge in [0.25, 0.3) is 5.91 Å². The molecule has 6 nitrogen and oxygen atoms in total. The third-order valence-electron chi connectivity index (χ3n) is 4.44. The van der Waals surface area contributed by atoms with Gasteiger partial charge in [0.05, 0.1) is 35.3 Å². The number of methoxy groups -OCH3 is 1. The maximum absolute atomic E-state index is 13.0. The number of hydrogen-bond donors (Lipinski definition) is 2. The second-order valence-corrected chi connectivity index (χ2v) is 7.61. The van der Waals surface area contributed by atoms with Gasteiger partial charge in [-0.3, -0.25) is 4.79 Å². The quantitative estimate of drug-likeness (QED) is 0.544. The SMILES string of the molecule is CCOc1c(Br)cc(C(=O)NC(c2nc3ccccc3[nH]2)C(C)C)cc1OC. The second kappa shape index (κ2) is 8.65. The van der Waals surface area contributed by atoms with Gasteiger partial charge in [0, 0.05) is 5.56 Å². The monoisotopic (exact) mass is 445 g/mol. The van der Waals surface area contributed by atoms with E-state index in [4.69, 9.17) is 9.47 Å². The van der Waals surface area contributed by atoms with Crippen LogP contribution in [0.4, 0.5) is 0 Å². The summed E-state index contributed by atoms with van der Waals surface area (Å²) >= 11 is 3.47. The Morgan fingerprint density at radius 2 is 2.04 bits per heavy atom. The van der Waals surface area contributed by atoms with Crippen LogP contribution in [0.3, 0.4) is 0 Å². The Labute approximate surface area is 172 Å². The van der Waals surface area contributed by atoms with E-state index in [2.05, 4.69) is 31.2 Å². The van der Waals surface area contributed by atoms with Crippen LogP contribution in [0.5, 0.6) is 11.5 Å². The Bertz CT molecular complexity index is 951. The number of imidazole rings is 1. The summed E-state index contributed by atoms with van der Waals surface area (Å²) in [6.45, 7) is 6.49. The average Bonchev–Trinajstić information content (AvgIpc) is 3.10. The molecule has 0 radical (unpaired) electrons. The van der Waals surface area contributed by atoms with Crippen LogP contribution >= 0.6 is 15.9 Å². The Balaban J connectivity index is 1.89. The molecule has 1 atom stereocenters. The molecule has 0 fully saturated rings. The lowest BCUT2D eigenvalue weighted by Gasteiger charge is -2.21. The summed E-state index contributed by atoms with van der Waals surface area (Å²) in [5.74, 6) is 1.77. The Hall–Kier alpha value is -2.54. The van der Waals surface area contributed by atoms with Gasteiger partial charge in [-0.05, 0) is 53.0 Å². The van der Waals surface area contributed by atoms with Crippen molar-refractivity contribution in [1.29, 1.82) is 0 Å². The minimum Gasteiger partial charge on any atom is -0.493 e. The van der Waals surface area contributed by atoms with E-state index >= 15 is 0 Å². The molecule has 0 saturated heterocycles. The van der Waals surface area contributed by atoms with Crippen molar-refractivity contribution in [2.75, 3.05) is 13.7 Å². The molecule has 0 aliphatic rings. The summed E-state index contributed by atoms with van der Waals surface area (Å²) in [5, 5.41) is 3.09. The number of aromatic amines is 1. The van der Waals surface area contributed by atoms with E-state index in [1.54, 1.807) is 19.2 Å². The highest BCUT2D eigenvalue weighted by Gasteiger charge is 2.24. The van der Waals surface area contributed by atoms with Crippen LogP contribution in [0.2, 0.25) is 0 Å². The zero-order valence-electron chi connectivity index (χ0n) is 16.4. The van der Waals surface area contributed by atoms with Crippen molar-refractivity contribution in [3.05, 3.63) is 52.3 Å². The normalized spacial score (nSPS) is 12.2. The van der Waals surface area contributed by atoms with Gasteiger partial charge < -0.3 is 19.8 Å². The first-order chi connectivity index (χ1) is 13.4. The van der Waals surface area contributed by atoms with Crippen molar-refractivity contribution < 1.29 is 14.3 Å². The number of carbonyl (C=O) groups excluding carboxylic acids is 1. The molecule has 0 bridgehead atoms. The minimum absolute atomic E-state index is 0.151. The summed E-state index contributed by atoms with van der Waals surface area (Å²) in [6, 6.07) is 11.0. The third-order valence-corrected chi connectivity index (χ3v) is 5.02. The molecule has 0 saturated carbocycles. The highest BCUT2D eigenvalue weighted by atomic mass is 79.9. The van der Waals surface area contributed by atoms with Crippen LogP contribution < -0.4 is 14.8 Å². The molecule has 2 aromatic carbocycles. The lowest BCUT2D eigenvalue weighted by Crippen LogP contribution is -2.32. The third kappa shape index (κ3) is 4.14. The van der Waals surface area contributed by atoms with Crippen LogP contribution in [-0.2, 0) is 0 Å². The molecule has 1 aromatic heterocycles. The van der Waals surface area contributed by atoms with Gasteiger partial charge in [-0.15, -0.1) is 0 Å². The molecule has 28 heavy (non-hydrogen) atoms. The molecule has 1 amide bonds. The van der Waals surface area contributed by atoms with Crippen LogP contribution in [0, 0.1) is 5.92 Å². The lowest BCUT2D eigenvalue weighted by atomic mass is 10.0. The fourth-order valence-corrected chi connectivity index (χ4v) is 3.59. The first kappa shape index (κ1) is 20.2. The summed E-state index contributed by atoms with van der Waals surface area (Å²) in [4.78, 5) is 20.9. The van der Waals surface area contributed by atoms with E-state index in [0.29, 0.717) is 28.1 Å². The van der Waals surface area contributed by atoms with E-state index in [1.807, 2.05) is 45.0 Å². The zero-order valence-corrected chi connectivity index (χ0v) is 18.0. The number of rotatable bonds is 7. The molecule has 1 unspecified atom stereocenters. The standard InChI is InChI=1S/C21H24BrN3O3/c1-5-28-19-14(22)10-13(11-17(19)27-4)21(26)25-18(12(2)3)20-23-15-8-6-7-9-16(15)24-20/h6-12,18H,5H2,1-4H3,(H,23,24)(H,25,26). The minimum atomic E-state index is -0.253. The van der Waals surface area contributed by atoms with Crippen LogP contribution in [0.1, 0.15) is 43.0 Å². The molecule has 148 valence electrons. The summed E-state index contributed by atoms with van der Waals surface area (Å²) in [5.41, 5.74) is 2.31. The molecule has 0 aliphatic carbocycles. The van der Waals surface area contributed by atoms with Crippen molar-refractivity contribution in [2.24, 2.45) is 5.92 Å². The first-order valence-electron chi connectivity index (χ1n) is 9.20. The second-order valence-electron chi connectivity index (χ2n) is 6.76. The molecular weight excluding hydrogens is 422 g/mol. The number of halogens is 1. The first-order valence-corrected chi connectivity index (χ1v) is 9.99. The van der Waals surface area contributed by atoms with E-state index in [9.17, 15) is 4.79 Å². The highest BCUT2D eigenvalue weighted by Crippen LogP contribution is 2.37. The summed E-state index contributed by atoms with van der Waals surface area (Å²) in [7, 11) is 1.55. The van der Waals surface area contributed by atoms with E-state index in [-0.39, 0.29) is 17.9 Å². The van der Waals surface area contributed by atoms with Gasteiger partial charge in [-0.2, -0.15) is 0 Å². The molecule has 2 N–H and O–H groups in total. The van der Waals surface area contributed by atoms with Gasteiger partial charge in [0.2, 0.25) is 0 Å². The van der Waals surface area contributed by atoms with E-state index < -0.39 is 0 Å². The van der Waals surface area contributed by atoms with Gasteiger partial charge in [-0.25, -0.2) is 4.98 Å². The highest BCUT2D eigenvalue weighted by molar-refractivity contribution is 9.10. The number of fused-ring (bicyclic) bond motifs is 1. The maximum Gasteiger partial charge on any atom is 0.252 e. The fourth-order valence-electron chi connectivity index (χ4n) is 3.03. The van der Waals surface area contributed by atoms with Crippen LogP contribution in [-0.4, -0.2) is 29.6 Å². The van der Waals surface area contributed by atoms with E-state index in [0.717, 1.165) is 16.9 Å². The van der Waals surface area contributed by atoms with Gasteiger partial charge >= 0.3 is 0 Å². The van der Waals surface area contributed by atoms with Crippen molar-refractivity contribution in [3.63, 3.8) is 0 Å². The fraction of sp³-hybridized carbons (Fsp3) is 0.333. The lowest BCUT2D eigenvalue weighted by molar-refractivity contribution is 0.0923. The zero-order chi connectivity index (χ0) is 20.3. The van der Waals surface area contributed by atoms with Crippen LogP contribution in [0.25, 0.3) is 11.0 Å². The number of carbonyl (C=O) groups is 1. The molecule has 3 rings (SSSR count). The van der Waals surface area contributed by atoms with Gasteiger partial charge in [-0.1, -0.05) is 26.0 Å². The van der Waals surface area contributed by atoms with Gasteiger partial charge in [0.15, 0.2) is 11.5 Å². The predicted octanol–water partition coefficient (Wildman–Crippen LogP) is 4.86.